The van der Waals surface area contributed by atoms with Crippen molar-refractivity contribution in [2.45, 2.75) is 13.2 Å². The van der Waals surface area contributed by atoms with E-state index >= 15 is 0 Å². The molecule has 0 aliphatic carbocycles. The van der Waals surface area contributed by atoms with Crippen LogP contribution in [0.1, 0.15) is 11.8 Å². The van der Waals surface area contributed by atoms with Gasteiger partial charge in [0.2, 0.25) is 5.89 Å². The number of benzene rings is 1. The fourth-order valence-corrected chi connectivity index (χ4v) is 1.38. The summed E-state index contributed by atoms with van der Waals surface area (Å²) in [5.41, 5.74) is 5.31. The summed E-state index contributed by atoms with van der Waals surface area (Å²) < 4.78 is 23.2. The number of hydrogen-bond acceptors (Lipinski definition) is 5. The largest absolute Gasteiger partial charge is 0.482 e. The van der Waals surface area contributed by atoms with Gasteiger partial charge in [-0.1, -0.05) is 11.6 Å². The zero-order valence-corrected chi connectivity index (χ0v) is 9.45. The van der Waals surface area contributed by atoms with Crippen LogP contribution in [0.15, 0.2) is 22.6 Å². The van der Waals surface area contributed by atoms with Crippen LogP contribution in [0.4, 0.5) is 4.39 Å². The summed E-state index contributed by atoms with van der Waals surface area (Å²) in [6, 6.07) is 3.84. The maximum atomic E-state index is 12.8. The molecule has 1 aromatic heterocycles. The van der Waals surface area contributed by atoms with Gasteiger partial charge in [0.05, 0.1) is 11.6 Å². The average molecular weight is 258 g/mol. The van der Waals surface area contributed by atoms with Gasteiger partial charge in [0, 0.05) is 0 Å². The highest BCUT2D eigenvalue weighted by Gasteiger charge is 2.07. The Morgan fingerprint density at radius 2 is 2.12 bits per heavy atom. The van der Waals surface area contributed by atoms with Crippen molar-refractivity contribution in [3.05, 3.63) is 40.8 Å². The molecule has 2 rings (SSSR count). The Labute approximate surface area is 101 Å². The molecule has 0 aliphatic heterocycles. The molecule has 2 N–H and O–H groups in total. The third kappa shape index (κ3) is 2.92. The molecule has 0 saturated carbocycles. The van der Waals surface area contributed by atoms with Gasteiger partial charge in [-0.05, 0) is 18.2 Å². The Bertz CT molecular complexity index is 518. The van der Waals surface area contributed by atoms with Gasteiger partial charge in [0.1, 0.15) is 11.6 Å². The first kappa shape index (κ1) is 11.8. The number of nitrogens with two attached hydrogens (primary N) is 1. The molecular formula is C10H9ClFN3O2. The second-order valence-electron chi connectivity index (χ2n) is 3.16. The fourth-order valence-electron chi connectivity index (χ4n) is 1.16. The lowest BCUT2D eigenvalue weighted by Gasteiger charge is -2.04. The van der Waals surface area contributed by atoms with Crippen LogP contribution >= 0.6 is 11.6 Å². The number of halogens is 2. The van der Waals surface area contributed by atoms with Gasteiger partial charge < -0.3 is 14.9 Å². The minimum Gasteiger partial charge on any atom is -0.482 e. The van der Waals surface area contributed by atoms with Crippen LogP contribution in [0.25, 0.3) is 0 Å². The molecule has 2 aromatic rings. The summed E-state index contributed by atoms with van der Waals surface area (Å²) in [5.74, 6) is 0.533. The minimum atomic E-state index is -0.425. The van der Waals surface area contributed by atoms with E-state index in [9.17, 15) is 4.39 Å². The van der Waals surface area contributed by atoms with Gasteiger partial charge in [0.25, 0.3) is 5.89 Å². The number of hydrogen-bond donors (Lipinski definition) is 1. The fraction of sp³-hybridized carbons (Fsp3) is 0.200. The van der Waals surface area contributed by atoms with Crippen LogP contribution in [0.3, 0.4) is 0 Å². The van der Waals surface area contributed by atoms with Crippen LogP contribution in [0.5, 0.6) is 5.75 Å². The van der Waals surface area contributed by atoms with Crippen LogP contribution in [-0.4, -0.2) is 10.2 Å². The van der Waals surface area contributed by atoms with Gasteiger partial charge >= 0.3 is 0 Å². The Morgan fingerprint density at radius 1 is 1.35 bits per heavy atom. The maximum Gasteiger partial charge on any atom is 0.253 e. The molecule has 0 radical (unpaired) electrons. The molecule has 0 unspecified atom stereocenters. The molecule has 0 saturated heterocycles. The topological polar surface area (TPSA) is 74.2 Å². The van der Waals surface area contributed by atoms with E-state index in [1.54, 1.807) is 0 Å². The van der Waals surface area contributed by atoms with Crippen LogP contribution < -0.4 is 10.5 Å². The zero-order valence-electron chi connectivity index (χ0n) is 8.69. The second-order valence-corrected chi connectivity index (χ2v) is 3.56. The third-order valence-corrected chi connectivity index (χ3v) is 2.22. The summed E-state index contributed by atoms with van der Waals surface area (Å²) in [6.45, 7) is 0.225. The Kier molecular flexibility index (Phi) is 3.55. The summed E-state index contributed by atoms with van der Waals surface area (Å²) in [6.07, 6.45) is 0. The van der Waals surface area contributed by atoms with Crippen LogP contribution in [-0.2, 0) is 13.2 Å². The predicted molar refractivity (Wildman–Crippen MR) is 57.9 cm³/mol. The van der Waals surface area contributed by atoms with E-state index in [0.29, 0.717) is 11.6 Å². The van der Waals surface area contributed by atoms with Gasteiger partial charge in [-0.25, -0.2) is 4.39 Å². The normalized spacial score (nSPS) is 10.5. The highest BCUT2D eigenvalue weighted by Crippen LogP contribution is 2.25. The van der Waals surface area contributed by atoms with E-state index in [1.165, 1.54) is 12.1 Å². The standard InChI is InChI=1S/C10H9ClFN3O2/c11-7-3-6(12)1-2-8(7)16-5-10-15-14-9(4-13)17-10/h1-3H,4-5,13H2. The molecule has 7 heteroatoms. The monoisotopic (exact) mass is 257 g/mol. The van der Waals surface area contributed by atoms with Crippen molar-refractivity contribution in [2.24, 2.45) is 5.73 Å². The highest BCUT2D eigenvalue weighted by molar-refractivity contribution is 6.32. The predicted octanol–water partition coefficient (Wildman–Crippen LogP) is 1.90. The van der Waals surface area contributed by atoms with E-state index in [0.717, 1.165) is 6.07 Å². The molecule has 17 heavy (non-hydrogen) atoms. The summed E-state index contributed by atoms with van der Waals surface area (Å²) in [5, 5.41) is 7.56. The van der Waals surface area contributed by atoms with Crippen molar-refractivity contribution in [1.82, 2.24) is 10.2 Å². The molecule has 0 amide bonds. The second kappa shape index (κ2) is 5.11. The lowest BCUT2D eigenvalue weighted by atomic mass is 10.3. The van der Waals surface area contributed by atoms with E-state index in [2.05, 4.69) is 10.2 Å². The van der Waals surface area contributed by atoms with E-state index in [1.807, 2.05) is 0 Å². The van der Waals surface area contributed by atoms with Crippen molar-refractivity contribution in [3.8, 4) is 5.75 Å². The molecule has 1 heterocycles. The lowest BCUT2D eigenvalue weighted by molar-refractivity contribution is 0.259. The minimum absolute atomic E-state index is 0.0539. The molecular weight excluding hydrogens is 249 g/mol. The quantitative estimate of drug-likeness (QED) is 0.905. The first-order chi connectivity index (χ1) is 8.19. The average Bonchev–Trinajstić information content (AvgIpc) is 2.76. The summed E-state index contributed by atoms with van der Waals surface area (Å²) in [4.78, 5) is 0. The van der Waals surface area contributed by atoms with Crippen LogP contribution in [0, 0.1) is 5.82 Å². The smallest absolute Gasteiger partial charge is 0.253 e. The number of ether oxygens (including phenoxy) is 1. The van der Waals surface area contributed by atoms with E-state index in [-0.39, 0.29) is 24.1 Å². The maximum absolute atomic E-state index is 12.8. The van der Waals surface area contributed by atoms with Crippen molar-refractivity contribution in [3.63, 3.8) is 0 Å². The molecule has 0 aliphatic rings. The van der Waals surface area contributed by atoms with E-state index in [4.69, 9.17) is 26.5 Å². The molecule has 0 bridgehead atoms. The van der Waals surface area contributed by atoms with E-state index < -0.39 is 5.82 Å². The Balaban J connectivity index is 2.02. The number of aromatic nitrogens is 2. The van der Waals surface area contributed by atoms with Gasteiger partial charge in [-0.15, -0.1) is 10.2 Å². The van der Waals surface area contributed by atoms with Gasteiger partial charge in [-0.2, -0.15) is 0 Å². The first-order valence-electron chi connectivity index (χ1n) is 4.78. The highest BCUT2D eigenvalue weighted by atomic mass is 35.5. The molecule has 90 valence electrons. The molecule has 5 nitrogen and oxygen atoms in total. The summed E-state index contributed by atoms with van der Waals surface area (Å²) in [7, 11) is 0. The van der Waals surface area contributed by atoms with Crippen molar-refractivity contribution >= 4 is 11.6 Å². The number of nitrogens with zero attached hydrogens (tertiary/aromatic N) is 2. The van der Waals surface area contributed by atoms with Gasteiger partial charge in [-0.3, -0.25) is 0 Å². The Morgan fingerprint density at radius 3 is 2.76 bits per heavy atom. The molecule has 0 spiro atoms. The third-order valence-electron chi connectivity index (χ3n) is 1.93. The molecule has 0 atom stereocenters. The zero-order chi connectivity index (χ0) is 12.3. The van der Waals surface area contributed by atoms with Crippen LogP contribution in [0.2, 0.25) is 5.02 Å². The van der Waals surface area contributed by atoms with Crippen molar-refractivity contribution < 1.29 is 13.5 Å². The Hall–Kier alpha value is -1.66. The summed E-state index contributed by atoms with van der Waals surface area (Å²) >= 11 is 5.78. The SMILES string of the molecule is NCc1nnc(COc2ccc(F)cc2Cl)o1. The van der Waals surface area contributed by atoms with Crippen molar-refractivity contribution in [2.75, 3.05) is 0 Å². The lowest BCUT2D eigenvalue weighted by Crippen LogP contribution is -1.96. The molecule has 1 aromatic carbocycles. The van der Waals surface area contributed by atoms with Crippen molar-refractivity contribution in [1.29, 1.82) is 0 Å². The van der Waals surface area contributed by atoms with Gasteiger partial charge in [0.15, 0.2) is 6.61 Å². The first-order valence-corrected chi connectivity index (χ1v) is 5.16. The molecule has 0 fully saturated rings. The number of rotatable bonds is 4.